The normalized spacial score (nSPS) is 22.5. The van der Waals surface area contributed by atoms with Crippen LogP contribution in [0.3, 0.4) is 0 Å². The predicted molar refractivity (Wildman–Crippen MR) is 81.9 cm³/mol. The maximum atomic E-state index is 12.5. The van der Waals surface area contributed by atoms with Crippen LogP contribution in [0.25, 0.3) is 0 Å². The number of alkyl halides is 1. The highest BCUT2D eigenvalue weighted by molar-refractivity contribution is 9.09. The molecule has 1 aromatic rings. The van der Waals surface area contributed by atoms with E-state index in [1.165, 1.54) is 0 Å². The topological polar surface area (TPSA) is 38.8 Å². The van der Waals surface area contributed by atoms with Crippen LogP contribution < -0.4 is 9.47 Å². The highest BCUT2D eigenvalue weighted by Crippen LogP contribution is 2.29. The van der Waals surface area contributed by atoms with Gasteiger partial charge in [0.25, 0.3) is 5.91 Å². The average molecular weight is 342 g/mol. The zero-order valence-electron chi connectivity index (χ0n) is 12.1. The van der Waals surface area contributed by atoms with Crippen LogP contribution in [0.1, 0.15) is 23.7 Å². The molecule has 0 radical (unpaired) electrons. The molecule has 1 heterocycles. The summed E-state index contributed by atoms with van der Waals surface area (Å²) >= 11 is 3.65. The number of hydrogen-bond donors (Lipinski definition) is 0. The smallest absolute Gasteiger partial charge is 0.254 e. The molecule has 0 N–H and O–H groups in total. The third-order valence-corrected chi connectivity index (χ3v) is 5.08. The van der Waals surface area contributed by atoms with Crippen LogP contribution in [-0.4, -0.2) is 42.9 Å². The van der Waals surface area contributed by atoms with E-state index in [2.05, 4.69) is 22.9 Å². The van der Waals surface area contributed by atoms with Gasteiger partial charge in [0.1, 0.15) is 0 Å². The molecule has 1 aromatic carbocycles. The molecule has 5 heteroatoms. The quantitative estimate of drug-likeness (QED) is 0.793. The summed E-state index contributed by atoms with van der Waals surface area (Å²) in [4.78, 5) is 14.9. The van der Waals surface area contributed by atoms with Gasteiger partial charge in [-0.3, -0.25) is 4.79 Å². The number of methoxy groups -OCH3 is 2. The molecule has 2 unspecified atom stereocenters. The van der Waals surface area contributed by atoms with Crippen molar-refractivity contribution in [2.45, 2.75) is 18.2 Å². The molecule has 1 aliphatic rings. The first-order valence-corrected chi connectivity index (χ1v) is 7.63. The van der Waals surface area contributed by atoms with Crippen molar-refractivity contribution >= 4 is 21.8 Å². The molecule has 1 aliphatic heterocycles. The molecule has 0 saturated carbocycles. The van der Waals surface area contributed by atoms with Crippen molar-refractivity contribution < 1.29 is 14.3 Å². The summed E-state index contributed by atoms with van der Waals surface area (Å²) in [6.07, 6.45) is 0.986. The van der Waals surface area contributed by atoms with Crippen molar-refractivity contribution in [3.05, 3.63) is 23.8 Å². The van der Waals surface area contributed by atoms with E-state index in [-0.39, 0.29) is 5.91 Å². The first-order valence-electron chi connectivity index (χ1n) is 6.72. The number of carbonyl (C=O) groups excluding carboxylic acids is 1. The number of amides is 1. The number of benzene rings is 1. The summed E-state index contributed by atoms with van der Waals surface area (Å²) in [5, 5.41) is 0. The Hall–Kier alpha value is -1.23. The summed E-state index contributed by atoms with van der Waals surface area (Å²) < 4.78 is 10.4. The fraction of sp³-hybridized carbons (Fsp3) is 0.533. The fourth-order valence-corrected chi connectivity index (χ4v) is 2.83. The standard InChI is InChI=1S/C15H20BrNO3/c1-10-9-17(7-6-12(10)16)15(18)11-4-5-13(19-2)14(8-11)20-3/h4-5,8,10,12H,6-7,9H2,1-3H3. The monoisotopic (exact) mass is 341 g/mol. The maximum Gasteiger partial charge on any atom is 0.254 e. The van der Waals surface area contributed by atoms with Crippen LogP contribution in [0.2, 0.25) is 0 Å². The summed E-state index contributed by atoms with van der Waals surface area (Å²) in [5.41, 5.74) is 0.642. The molecule has 1 amide bonds. The van der Waals surface area contributed by atoms with Gasteiger partial charge in [-0.25, -0.2) is 0 Å². The summed E-state index contributed by atoms with van der Waals surface area (Å²) in [7, 11) is 3.16. The molecule has 0 bridgehead atoms. The Labute approximate surface area is 128 Å². The Morgan fingerprint density at radius 1 is 1.30 bits per heavy atom. The molecule has 2 rings (SSSR count). The lowest BCUT2D eigenvalue weighted by molar-refractivity contribution is 0.0690. The highest BCUT2D eigenvalue weighted by Gasteiger charge is 2.27. The van der Waals surface area contributed by atoms with Gasteiger partial charge in [-0.05, 0) is 30.5 Å². The lowest BCUT2D eigenvalue weighted by Gasteiger charge is -2.34. The minimum atomic E-state index is 0.0530. The highest BCUT2D eigenvalue weighted by atomic mass is 79.9. The van der Waals surface area contributed by atoms with E-state index in [4.69, 9.17) is 9.47 Å². The second kappa shape index (κ2) is 6.48. The lowest BCUT2D eigenvalue weighted by atomic mass is 9.99. The average Bonchev–Trinajstić information content (AvgIpc) is 2.48. The Bertz CT molecular complexity index is 492. The molecule has 0 spiro atoms. The van der Waals surface area contributed by atoms with Crippen molar-refractivity contribution in [3.8, 4) is 11.5 Å². The number of rotatable bonds is 3. The van der Waals surface area contributed by atoms with Gasteiger partial charge in [0.05, 0.1) is 14.2 Å². The second-order valence-corrected chi connectivity index (χ2v) is 6.28. The molecule has 110 valence electrons. The van der Waals surface area contributed by atoms with E-state index in [0.29, 0.717) is 27.8 Å². The molecule has 4 nitrogen and oxygen atoms in total. The van der Waals surface area contributed by atoms with E-state index in [0.717, 1.165) is 19.5 Å². The Morgan fingerprint density at radius 2 is 2.00 bits per heavy atom. The summed E-state index contributed by atoms with van der Waals surface area (Å²) in [6, 6.07) is 5.30. The van der Waals surface area contributed by atoms with Gasteiger partial charge in [-0.15, -0.1) is 0 Å². The minimum absolute atomic E-state index is 0.0530. The molecule has 0 aliphatic carbocycles. The van der Waals surface area contributed by atoms with Crippen LogP contribution in [0, 0.1) is 5.92 Å². The van der Waals surface area contributed by atoms with Crippen LogP contribution in [0.5, 0.6) is 11.5 Å². The molecule has 1 saturated heterocycles. The summed E-state index contributed by atoms with van der Waals surface area (Å²) in [5.74, 6) is 1.74. The fourth-order valence-electron chi connectivity index (χ4n) is 2.45. The third kappa shape index (κ3) is 3.08. The molecule has 0 aromatic heterocycles. The van der Waals surface area contributed by atoms with E-state index in [1.807, 2.05) is 4.90 Å². The number of ether oxygens (including phenoxy) is 2. The van der Waals surface area contributed by atoms with Gasteiger partial charge in [0.2, 0.25) is 0 Å². The number of piperidine rings is 1. The predicted octanol–water partition coefficient (Wildman–Crippen LogP) is 2.95. The van der Waals surface area contributed by atoms with Crippen LogP contribution in [0.15, 0.2) is 18.2 Å². The molecule has 20 heavy (non-hydrogen) atoms. The Kier molecular flexibility index (Phi) is 4.91. The van der Waals surface area contributed by atoms with Gasteiger partial charge < -0.3 is 14.4 Å². The number of nitrogens with zero attached hydrogens (tertiary/aromatic N) is 1. The maximum absolute atomic E-state index is 12.5. The Morgan fingerprint density at radius 3 is 2.60 bits per heavy atom. The molecule has 1 fully saturated rings. The van der Waals surface area contributed by atoms with E-state index in [9.17, 15) is 4.79 Å². The minimum Gasteiger partial charge on any atom is -0.493 e. The SMILES string of the molecule is COc1ccc(C(=O)N2CCC(Br)C(C)C2)cc1OC. The van der Waals surface area contributed by atoms with Gasteiger partial charge in [-0.2, -0.15) is 0 Å². The van der Waals surface area contributed by atoms with Crippen molar-refractivity contribution in [1.29, 1.82) is 0 Å². The van der Waals surface area contributed by atoms with Crippen molar-refractivity contribution in [1.82, 2.24) is 4.90 Å². The van der Waals surface area contributed by atoms with Gasteiger partial charge >= 0.3 is 0 Å². The molecule has 2 atom stereocenters. The van der Waals surface area contributed by atoms with Crippen LogP contribution in [0.4, 0.5) is 0 Å². The third-order valence-electron chi connectivity index (χ3n) is 3.72. The first-order chi connectivity index (χ1) is 9.56. The lowest BCUT2D eigenvalue weighted by Crippen LogP contribution is -2.43. The summed E-state index contributed by atoms with van der Waals surface area (Å²) in [6.45, 7) is 3.73. The second-order valence-electron chi connectivity index (χ2n) is 5.10. The van der Waals surface area contributed by atoms with Crippen molar-refractivity contribution in [2.75, 3.05) is 27.3 Å². The van der Waals surface area contributed by atoms with E-state index in [1.54, 1.807) is 32.4 Å². The van der Waals surface area contributed by atoms with E-state index >= 15 is 0 Å². The van der Waals surface area contributed by atoms with Crippen LogP contribution in [-0.2, 0) is 0 Å². The van der Waals surface area contributed by atoms with E-state index < -0.39 is 0 Å². The number of carbonyl (C=O) groups is 1. The molecular formula is C15H20BrNO3. The first kappa shape index (κ1) is 15.2. The van der Waals surface area contributed by atoms with Crippen molar-refractivity contribution in [2.24, 2.45) is 5.92 Å². The number of halogens is 1. The molecular weight excluding hydrogens is 322 g/mol. The Balaban J connectivity index is 2.17. The largest absolute Gasteiger partial charge is 0.493 e. The number of likely N-dealkylation sites (tertiary alicyclic amines) is 1. The number of hydrogen-bond acceptors (Lipinski definition) is 3. The van der Waals surface area contributed by atoms with Crippen molar-refractivity contribution in [3.63, 3.8) is 0 Å². The van der Waals surface area contributed by atoms with Gasteiger partial charge in [0.15, 0.2) is 11.5 Å². The van der Waals surface area contributed by atoms with Crippen LogP contribution >= 0.6 is 15.9 Å². The zero-order valence-corrected chi connectivity index (χ0v) is 13.6. The van der Waals surface area contributed by atoms with Gasteiger partial charge in [-0.1, -0.05) is 22.9 Å². The zero-order chi connectivity index (χ0) is 14.7. The van der Waals surface area contributed by atoms with Gasteiger partial charge in [0, 0.05) is 23.5 Å².